The number of benzene rings is 2. The second kappa shape index (κ2) is 8.36. The molecule has 1 nitrogen and oxygen atoms in total. The molecule has 118 valence electrons. The van der Waals surface area contributed by atoms with E-state index in [1.807, 2.05) is 12.1 Å². The topological polar surface area (TPSA) is 3.24 Å². The summed E-state index contributed by atoms with van der Waals surface area (Å²) in [6, 6.07) is 17.2. The van der Waals surface area contributed by atoms with Gasteiger partial charge in [-0.05, 0) is 50.2 Å². The summed E-state index contributed by atoms with van der Waals surface area (Å²) in [7, 11) is 2.22. The van der Waals surface area contributed by atoms with Gasteiger partial charge < -0.3 is 4.90 Å². The van der Waals surface area contributed by atoms with Crippen molar-refractivity contribution in [2.24, 2.45) is 0 Å². The summed E-state index contributed by atoms with van der Waals surface area (Å²) in [4.78, 5) is 2.43. The highest BCUT2D eigenvalue weighted by Gasteiger charge is 2.16. The van der Waals surface area contributed by atoms with Gasteiger partial charge in [0.2, 0.25) is 0 Å². The van der Waals surface area contributed by atoms with Crippen LogP contribution in [0, 0.1) is 6.92 Å². The molecule has 0 saturated heterocycles. The van der Waals surface area contributed by atoms with Gasteiger partial charge in [0.05, 0.1) is 0 Å². The lowest BCUT2D eigenvalue weighted by molar-refractivity contribution is 0.317. The molecule has 1 atom stereocenters. The Morgan fingerprint density at radius 1 is 0.955 bits per heavy atom. The standard InChI is InChI=1S/C20H26ClN/c1-4-5-14-22(3)15-20(17-8-6-16(2)7-9-17)18-10-12-19(21)13-11-18/h6-13,20H,4-5,14-15H2,1-3H3. The van der Waals surface area contributed by atoms with Crippen LogP contribution in [-0.2, 0) is 0 Å². The van der Waals surface area contributed by atoms with Crippen molar-refractivity contribution in [3.8, 4) is 0 Å². The van der Waals surface area contributed by atoms with E-state index in [2.05, 4.69) is 62.2 Å². The fraction of sp³-hybridized carbons (Fsp3) is 0.400. The Morgan fingerprint density at radius 2 is 1.50 bits per heavy atom. The van der Waals surface area contributed by atoms with Crippen molar-refractivity contribution in [2.45, 2.75) is 32.6 Å². The minimum atomic E-state index is 0.389. The van der Waals surface area contributed by atoms with Crippen LogP contribution in [0.2, 0.25) is 5.02 Å². The normalized spacial score (nSPS) is 12.6. The van der Waals surface area contributed by atoms with Crippen LogP contribution < -0.4 is 0 Å². The molecule has 0 N–H and O–H groups in total. The van der Waals surface area contributed by atoms with E-state index in [1.165, 1.54) is 29.5 Å². The van der Waals surface area contributed by atoms with E-state index in [9.17, 15) is 0 Å². The minimum absolute atomic E-state index is 0.389. The van der Waals surface area contributed by atoms with Crippen LogP contribution in [0.5, 0.6) is 0 Å². The first-order chi connectivity index (χ1) is 10.6. The number of likely N-dealkylation sites (N-methyl/N-ethyl adjacent to an activating group) is 1. The predicted molar refractivity (Wildman–Crippen MR) is 96.9 cm³/mol. The summed E-state index contributed by atoms with van der Waals surface area (Å²) < 4.78 is 0. The average Bonchev–Trinajstić information content (AvgIpc) is 2.52. The first-order valence-electron chi connectivity index (χ1n) is 8.10. The van der Waals surface area contributed by atoms with Gasteiger partial charge in [0.25, 0.3) is 0 Å². The molecule has 1 unspecified atom stereocenters. The molecule has 0 aliphatic carbocycles. The Morgan fingerprint density at radius 3 is 2.05 bits per heavy atom. The lowest BCUT2D eigenvalue weighted by Crippen LogP contribution is -2.26. The van der Waals surface area contributed by atoms with Gasteiger partial charge in [-0.1, -0.05) is 66.9 Å². The zero-order valence-corrected chi connectivity index (χ0v) is 14.6. The van der Waals surface area contributed by atoms with E-state index in [0.29, 0.717) is 5.92 Å². The Balaban J connectivity index is 2.23. The zero-order valence-electron chi connectivity index (χ0n) is 13.8. The highest BCUT2D eigenvalue weighted by atomic mass is 35.5. The molecule has 2 heteroatoms. The maximum Gasteiger partial charge on any atom is 0.0406 e. The van der Waals surface area contributed by atoms with Crippen LogP contribution >= 0.6 is 11.6 Å². The smallest absolute Gasteiger partial charge is 0.0406 e. The molecule has 0 aliphatic heterocycles. The molecule has 0 fully saturated rings. The van der Waals surface area contributed by atoms with Crippen LogP contribution in [-0.4, -0.2) is 25.0 Å². The van der Waals surface area contributed by atoms with Crippen molar-refractivity contribution in [1.82, 2.24) is 4.90 Å². The molecule has 0 amide bonds. The monoisotopic (exact) mass is 315 g/mol. The number of halogens is 1. The molecule has 0 aliphatic rings. The van der Waals surface area contributed by atoms with Crippen molar-refractivity contribution in [1.29, 1.82) is 0 Å². The van der Waals surface area contributed by atoms with Gasteiger partial charge in [-0.2, -0.15) is 0 Å². The second-order valence-corrected chi connectivity index (χ2v) is 6.57. The van der Waals surface area contributed by atoms with Crippen molar-refractivity contribution < 1.29 is 0 Å². The molecule has 0 aromatic heterocycles. The number of aryl methyl sites for hydroxylation is 1. The zero-order chi connectivity index (χ0) is 15.9. The Hall–Kier alpha value is -1.31. The largest absolute Gasteiger partial charge is 0.305 e. The van der Waals surface area contributed by atoms with Crippen molar-refractivity contribution in [3.05, 3.63) is 70.2 Å². The molecule has 0 radical (unpaired) electrons. The van der Waals surface area contributed by atoms with E-state index >= 15 is 0 Å². The summed E-state index contributed by atoms with van der Waals surface area (Å²) in [6.45, 7) is 6.55. The van der Waals surface area contributed by atoms with Crippen molar-refractivity contribution in [2.75, 3.05) is 20.1 Å². The third-order valence-electron chi connectivity index (χ3n) is 4.14. The molecule has 22 heavy (non-hydrogen) atoms. The van der Waals surface area contributed by atoms with Gasteiger partial charge in [0.15, 0.2) is 0 Å². The molecule has 2 aromatic rings. The fourth-order valence-corrected chi connectivity index (χ4v) is 2.85. The third kappa shape index (κ3) is 4.86. The van der Waals surface area contributed by atoms with Crippen LogP contribution in [0.15, 0.2) is 48.5 Å². The van der Waals surface area contributed by atoms with Crippen molar-refractivity contribution >= 4 is 11.6 Å². The van der Waals surface area contributed by atoms with Crippen LogP contribution in [0.25, 0.3) is 0 Å². The number of rotatable bonds is 7. The lowest BCUT2D eigenvalue weighted by atomic mass is 9.90. The van der Waals surface area contributed by atoms with E-state index in [1.54, 1.807) is 0 Å². The number of unbranched alkanes of at least 4 members (excludes halogenated alkanes) is 1. The van der Waals surface area contributed by atoms with E-state index in [0.717, 1.165) is 18.1 Å². The highest BCUT2D eigenvalue weighted by Crippen LogP contribution is 2.27. The Bertz CT molecular complexity index is 514. The highest BCUT2D eigenvalue weighted by molar-refractivity contribution is 6.30. The van der Waals surface area contributed by atoms with E-state index in [4.69, 9.17) is 11.6 Å². The summed E-state index contributed by atoms with van der Waals surface area (Å²) >= 11 is 6.05. The fourth-order valence-electron chi connectivity index (χ4n) is 2.73. The van der Waals surface area contributed by atoms with Gasteiger partial charge in [-0.3, -0.25) is 0 Å². The summed E-state index contributed by atoms with van der Waals surface area (Å²) in [6.07, 6.45) is 2.48. The van der Waals surface area contributed by atoms with Crippen LogP contribution in [0.1, 0.15) is 42.4 Å². The summed E-state index contributed by atoms with van der Waals surface area (Å²) in [5.41, 5.74) is 4.01. The minimum Gasteiger partial charge on any atom is -0.305 e. The third-order valence-corrected chi connectivity index (χ3v) is 4.39. The maximum absolute atomic E-state index is 6.05. The Kier molecular flexibility index (Phi) is 6.48. The molecular weight excluding hydrogens is 290 g/mol. The lowest BCUT2D eigenvalue weighted by Gasteiger charge is -2.25. The SMILES string of the molecule is CCCCN(C)CC(c1ccc(C)cc1)c1ccc(Cl)cc1. The van der Waals surface area contributed by atoms with Gasteiger partial charge in [0, 0.05) is 17.5 Å². The first kappa shape index (κ1) is 17.1. The van der Waals surface area contributed by atoms with E-state index in [-0.39, 0.29) is 0 Å². The summed E-state index contributed by atoms with van der Waals surface area (Å²) in [5.74, 6) is 0.389. The first-order valence-corrected chi connectivity index (χ1v) is 8.48. The van der Waals surface area contributed by atoms with Gasteiger partial charge in [0.1, 0.15) is 0 Å². The molecule has 0 bridgehead atoms. The molecule has 2 rings (SSSR count). The van der Waals surface area contributed by atoms with Crippen LogP contribution in [0.3, 0.4) is 0 Å². The predicted octanol–water partition coefficient (Wildman–Crippen LogP) is 5.51. The second-order valence-electron chi connectivity index (χ2n) is 6.13. The van der Waals surface area contributed by atoms with Crippen LogP contribution in [0.4, 0.5) is 0 Å². The molecular formula is C20H26ClN. The number of hydrogen-bond acceptors (Lipinski definition) is 1. The number of hydrogen-bond donors (Lipinski definition) is 0. The Labute approximate surface area is 139 Å². The molecule has 0 heterocycles. The maximum atomic E-state index is 6.05. The van der Waals surface area contributed by atoms with Crippen molar-refractivity contribution in [3.63, 3.8) is 0 Å². The summed E-state index contributed by atoms with van der Waals surface area (Å²) in [5, 5.41) is 0.797. The van der Waals surface area contributed by atoms with E-state index < -0.39 is 0 Å². The molecule has 0 saturated carbocycles. The number of nitrogens with zero attached hydrogens (tertiary/aromatic N) is 1. The van der Waals surface area contributed by atoms with Gasteiger partial charge in [-0.15, -0.1) is 0 Å². The van der Waals surface area contributed by atoms with Gasteiger partial charge >= 0.3 is 0 Å². The molecule has 2 aromatic carbocycles. The average molecular weight is 316 g/mol. The van der Waals surface area contributed by atoms with Gasteiger partial charge in [-0.25, -0.2) is 0 Å². The quantitative estimate of drug-likeness (QED) is 0.651. The molecule has 0 spiro atoms.